The first-order chi connectivity index (χ1) is 13.1. The molecule has 0 radical (unpaired) electrons. The van der Waals surface area contributed by atoms with Crippen molar-refractivity contribution in [2.45, 2.75) is 31.7 Å². The molecule has 0 amide bonds. The van der Waals surface area contributed by atoms with Crippen LogP contribution in [0.2, 0.25) is 5.02 Å². The number of hydrogen-bond donors (Lipinski definition) is 3. The van der Waals surface area contributed by atoms with E-state index in [1.54, 1.807) is 13.3 Å². The Morgan fingerprint density at radius 2 is 2.11 bits per heavy atom. The molecule has 1 fully saturated rings. The minimum Gasteiger partial charge on any atom is -0.496 e. The highest BCUT2D eigenvalue weighted by atomic mass is 35.5. The van der Waals surface area contributed by atoms with Crippen molar-refractivity contribution in [3.63, 3.8) is 0 Å². The molecule has 2 heterocycles. The van der Waals surface area contributed by atoms with E-state index in [-0.39, 0.29) is 6.04 Å². The number of halogens is 1. The number of benzene rings is 1. The molecule has 0 unspecified atom stereocenters. The number of aromatic amines is 1. The first-order valence-electron chi connectivity index (χ1n) is 8.88. The van der Waals surface area contributed by atoms with E-state index in [9.17, 15) is 0 Å². The second-order valence-corrected chi connectivity index (χ2v) is 7.01. The number of ether oxygens (including phenoxy) is 1. The third kappa shape index (κ3) is 3.98. The molecular formula is C19H21ClN6O. The van der Waals surface area contributed by atoms with Crippen LogP contribution in [0.3, 0.4) is 0 Å². The highest BCUT2D eigenvalue weighted by molar-refractivity contribution is 6.32. The molecule has 0 aliphatic heterocycles. The van der Waals surface area contributed by atoms with Crippen molar-refractivity contribution in [2.24, 2.45) is 0 Å². The predicted molar refractivity (Wildman–Crippen MR) is 106 cm³/mol. The van der Waals surface area contributed by atoms with Crippen molar-refractivity contribution in [1.29, 1.82) is 0 Å². The van der Waals surface area contributed by atoms with Crippen LogP contribution < -0.4 is 15.4 Å². The summed E-state index contributed by atoms with van der Waals surface area (Å²) in [6.07, 6.45) is 4.00. The minimum atomic E-state index is -0.0398. The van der Waals surface area contributed by atoms with Crippen molar-refractivity contribution in [3.05, 3.63) is 52.8 Å². The molecule has 2 aromatic heterocycles. The average molecular weight is 385 g/mol. The summed E-state index contributed by atoms with van der Waals surface area (Å²) in [5.41, 5.74) is 2.17. The Morgan fingerprint density at radius 1 is 1.30 bits per heavy atom. The van der Waals surface area contributed by atoms with Crippen LogP contribution in [-0.4, -0.2) is 27.3 Å². The number of para-hydroxylation sites is 1. The monoisotopic (exact) mass is 384 g/mol. The van der Waals surface area contributed by atoms with Crippen LogP contribution in [0.4, 0.5) is 17.6 Å². The van der Waals surface area contributed by atoms with Crippen LogP contribution in [0.1, 0.15) is 43.0 Å². The summed E-state index contributed by atoms with van der Waals surface area (Å²) >= 11 is 6.26. The maximum atomic E-state index is 6.26. The molecule has 3 aromatic rings. The standard InChI is InChI=1S/C19H21ClN6O/c1-11(13-5-3-4-6-16(13)27-2)22-19-21-10-14(20)18(24-19)23-17-9-15(25-26-17)12-7-8-12/h3-6,9-12H,7-8H2,1-2H3,(H3,21,22,23,24,25,26)/t11-/m0/s1. The molecule has 27 heavy (non-hydrogen) atoms. The SMILES string of the molecule is COc1ccccc1[C@H](C)Nc1ncc(Cl)c(Nc2cc(C3CC3)[nH]n2)n1. The van der Waals surface area contributed by atoms with Gasteiger partial charge in [0.25, 0.3) is 0 Å². The summed E-state index contributed by atoms with van der Waals surface area (Å²) in [6.45, 7) is 2.03. The normalized spacial score (nSPS) is 14.6. The highest BCUT2D eigenvalue weighted by Gasteiger charge is 2.25. The number of methoxy groups -OCH3 is 1. The van der Waals surface area contributed by atoms with Crippen LogP contribution in [0.5, 0.6) is 5.75 Å². The molecule has 4 rings (SSSR count). The van der Waals surface area contributed by atoms with Gasteiger partial charge < -0.3 is 15.4 Å². The van der Waals surface area contributed by atoms with E-state index in [2.05, 4.69) is 30.8 Å². The van der Waals surface area contributed by atoms with E-state index < -0.39 is 0 Å². The Bertz CT molecular complexity index is 939. The Balaban J connectivity index is 1.51. The molecule has 7 nitrogen and oxygen atoms in total. The van der Waals surface area contributed by atoms with E-state index in [4.69, 9.17) is 16.3 Å². The zero-order chi connectivity index (χ0) is 18.8. The zero-order valence-electron chi connectivity index (χ0n) is 15.2. The summed E-state index contributed by atoms with van der Waals surface area (Å²) in [6, 6.07) is 9.81. The molecule has 0 bridgehead atoms. The molecule has 1 aliphatic carbocycles. The topological polar surface area (TPSA) is 87.8 Å². The molecule has 1 atom stereocenters. The first kappa shape index (κ1) is 17.6. The smallest absolute Gasteiger partial charge is 0.225 e. The van der Waals surface area contributed by atoms with E-state index in [0.29, 0.717) is 28.5 Å². The molecule has 1 aromatic carbocycles. The van der Waals surface area contributed by atoms with Gasteiger partial charge in [0.15, 0.2) is 11.6 Å². The largest absolute Gasteiger partial charge is 0.496 e. The Hall–Kier alpha value is -2.80. The van der Waals surface area contributed by atoms with Crippen molar-refractivity contribution in [2.75, 3.05) is 17.7 Å². The van der Waals surface area contributed by atoms with Crippen molar-refractivity contribution in [3.8, 4) is 5.75 Å². The van der Waals surface area contributed by atoms with Crippen LogP contribution in [0, 0.1) is 0 Å². The van der Waals surface area contributed by atoms with Gasteiger partial charge in [0.05, 0.1) is 19.3 Å². The lowest BCUT2D eigenvalue weighted by molar-refractivity contribution is 0.408. The lowest BCUT2D eigenvalue weighted by Gasteiger charge is -2.17. The quantitative estimate of drug-likeness (QED) is 0.549. The van der Waals surface area contributed by atoms with E-state index in [0.717, 1.165) is 17.0 Å². The van der Waals surface area contributed by atoms with Crippen LogP contribution in [-0.2, 0) is 0 Å². The third-order valence-electron chi connectivity index (χ3n) is 4.56. The molecular weight excluding hydrogens is 364 g/mol. The molecule has 0 spiro atoms. The number of hydrogen-bond acceptors (Lipinski definition) is 6. The summed E-state index contributed by atoms with van der Waals surface area (Å²) < 4.78 is 5.43. The molecule has 8 heteroatoms. The lowest BCUT2D eigenvalue weighted by Crippen LogP contribution is -2.11. The van der Waals surface area contributed by atoms with Crippen LogP contribution in [0.15, 0.2) is 36.5 Å². The summed E-state index contributed by atoms with van der Waals surface area (Å²) in [5.74, 6) is 3.09. The van der Waals surface area contributed by atoms with Gasteiger partial charge in [-0.05, 0) is 25.8 Å². The lowest BCUT2D eigenvalue weighted by atomic mass is 10.1. The fourth-order valence-corrected chi connectivity index (χ4v) is 3.08. The van der Waals surface area contributed by atoms with E-state index in [1.807, 2.05) is 37.3 Å². The van der Waals surface area contributed by atoms with E-state index >= 15 is 0 Å². The van der Waals surface area contributed by atoms with Crippen LogP contribution >= 0.6 is 11.6 Å². The highest BCUT2D eigenvalue weighted by Crippen LogP contribution is 2.39. The van der Waals surface area contributed by atoms with Crippen molar-refractivity contribution >= 4 is 29.2 Å². The fourth-order valence-electron chi connectivity index (χ4n) is 2.95. The zero-order valence-corrected chi connectivity index (χ0v) is 15.9. The second kappa shape index (κ2) is 7.44. The first-order valence-corrected chi connectivity index (χ1v) is 9.26. The van der Waals surface area contributed by atoms with Gasteiger partial charge in [0.2, 0.25) is 5.95 Å². The molecule has 140 valence electrons. The average Bonchev–Trinajstić information content (AvgIpc) is 3.43. The number of nitrogens with zero attached hydrogens (tertiary/aromatic N) is 3. The number of rotatable bonds is 7. The summed E-state index contributed by atoms with van der Waals surface area (Å²) in [7, 11) is 1.66. The molecule has 3 N–H and O–H groups in total. The fraction of sp³-hybridized carbons (Fsp3) is 0.316. The van der Waals surface area contributed by atoms with E-state index in [1.165, 1.54) is 12.8 Å². The Labute approximate surface area is 162 Å². The number of H-pyrrole nitrogens is 1. The van der Waals surface area contributed by atoms with Crippen molar-refractivity contribution in [1.82, 2.24) is 20.2 Å². The number of anilines is 3. The molecule has 1 saturated carbocycles. The number of nitrogens with one attached hydrogen (secondary N) is 3. The maximum absolute atomic E-state index is 6.26. The molecule has 1 aliphatic rings. The second-order valence-electron chi connectivity index (χ2n) is 6.61. The van der Waals surface area contributed by atoms with Crippen LogP contribution in [0.25, 0.3) is 0 Å². The van der Waals surface area contributed by atoms with Gasteiger partial charge in [-0.25, -0.2) is 4.98 Å². The Morgan fingerprint density at radius 3 is 2.89 bits per heavy atom. The number of aromatic nitrogens is 4. The van der Waals surface area contributed by atoms with Gasteiger partial charge in [-0.1, -0.05) is 29.8 Å². The minimum absolute atomic E-state index is 0.0398. The van der Waals surface area contributed by atoms with Gasteiger partial charge in [0, 0.05) is 23.2 Å². The van der Waals surface area contributed by atoms with Gasteiger partial charge in [-0.2, -0.15) is 10.1 Å². The van der Waals surface area contributed by atoms with Gasteiger partial charge in [-0.3, -0.25) is 5.10 Å². The summed E-state index contributed by atoms with van der Waals surface area (Å²) in [4.78, 5) is 8.78. The van der Waals surface area contributed by atoms with Crippen molar-refractivity contribution < 1.29 is 4.74 Å². The predicted octanol–water partition coefficient (Wildman–Crippen LogP) is 4.66. The van der Waals surface area contributed by atoms with Gasteiger partial charge >= 0.3 is 0 Å². The Kier molecular flexibility index (Phi) is 4.85. The van der Waals surface area contributed by atoms with Gasteiger partial charge in [0.1, 0.15) is 10.8 Å². The third-order valence-corrected chi connectivity index (χ3v) is 4.83. The molecule has 0 saturated heterocycles. The van der Waals surface area contributed by atoms with Gasteiger partial charge in [-0.15, -0.1) is 0 Å². The summed E-state index contributed by atoms with van der Waals surface area (Å²) in [5, 5.41) is 14.2. The maximum Gasteiger partial charge on any atom is 0.225 e.